The Bertz CT molecular complexity index is 446. The lowest BCUT2D eigenvalue weighted by Crippen LogP contribution is -1.92. The monoisotopic (exact) mass is 208 g/mol. The van der Waals surface area contributed by atoms with Gasteiger partial charge in [-0.25, -0.2) is 4.98 Å². The number of hydrogen-bond donors (Lipinski definition) is 0. The molecule has 2 aromatic heterocycles. The number of halogens is 1. The van der Waals surface area contributed by atoms with Crippen LogP contribution in [0.2, 0.25) is 5.15 Å². The van der Waals surface area contributed by atoms with Crippen LogP contribution in [0.25, 0.3) is 11.3 Å². The Kier molecular flexibility index (Phi) is 2.21. The first-order valence-electron chi connectivity index (χ1n) is 4.16. The molecule has 2 heterocycles. The topological polar surface area (TPSA) is 43.6 Å². The van der Waals surface area contributed by atoms with Crippen molar-refractivity contribution in [1.29, 1.82) is 0 Å². The molecule has 14 heavy (non-hydrogen) atoms. The van der Waals surface area contributed by atoms with Gasteiger partial charge in [-0.2, -0.15) is 0 Å². The minimum absolute atomic E-state index is 0.482. The number of hydrogen-bond acceptors (Lipinski definition) is 3. The van der Waals surface area contributed by atoms with Crippen LogP contribution < -0.4 is 0 Å². The van der Waals surface area contributed by atoms with Crippen molar-refractivity contribution in [1.82, 2.24) is 20.0 Å². The average molecular weight is 209 g/mol. The van der Waals surface area contributed by atoms with E-state index in [1.807, 2.05) is 20.0 Å². The molecular weight excluding hydrogens is 200 g/mol. The first-order valence-corrected chi connectivity index (χ1v) is 4.54. The summed E-state index contributed by atoms with van der Waals surface area (Å²) in [4.78, 5) is 3.99. The molecule has 4 nitrogen and oxygen atoms in total. The van der Waals surface area contributed by atoms with Gasteiger partial charge in [-0.05, 0) is 19.1 Å². The number of nitrogens with zero attached hydrogens (tertiary/aromatic N) is 4. The number of aromatic nitrogens is 4. The summed E-state index contributed by atoms with van der Waals surface area (Å²) in [7, 11) is 1.86. The number of aryl methyl sites for hydroxylation is 1. The molecule has 5 heteroatoms. The minimum Gasteiger partial charge on any atom is -0.252 e. The Morgan fingerprint density at radius 3 is 2.64 bits per heavy atom. The summed E-state index contributed by atoms with van der Waals surface area (Å²) in [5, 5.41) is 8.45. The maximum Gasteiger partial charge on any atom is 0.129 e. The van der Waals surface area contributed by atoms with E-state index in [2.05, 4.69) is 15.3 Å². The summed E-state index contributed by atoms with van der Waals surface area (Å²) < 4.78 is 1.73. The van der Waals surface area contributed by atoms with Gasteiger partial charge < -0.3 is 0 Å². The van der Waals surface area contributed by atoms with Gasteiger partial charge >= 0.3 is 0 Å². The number of rotatable bonds is 1. The van der Waals surface area contributed by atoms with Crippen molar-refractivity contribution in [2.75, 3.05) is 0 Å². The summed E-state index contributed by atoms with van der Waals surface area (Å²) in [6, 6.07) is 3.62. The standard InChI is InChI=1S/C9H9ClN4/c1-6-9(12-13-14(6)2)7-3-4-8(10)11-5-7/h3-5H,1-2H3. The molecule has 0 aromatic carbocycles. The maximum atomic E-state index is 5.69. The molecule has 0 saturated carbocycles. The zero-order chi connectivity index (χ0) is 10.1. The summed E-state index contributed by atoms with van der Waals surface area (Å²) in [6.07, 6.45) is 1.69. The van der Waals surface area contributed by atoms with E-state index in [0.717, 1.165) is 17.0 Å². The molecular formula is C9H9ClN4. The molecule has 0 spiro atoms. The van der Waals surface area contributed by atoms with Crippen molar-refractivity contribution in [3.63, 3.8) is 0 Å². The van der Waals surface area contributed by atoms with Gasteiger partial charge in [0, 0.05) is 18.8 Å². The highest BCUT2D eigenvalue weighted by atomic mass is 35.5. The molecule has 0 fully saturated rings. The van der Waals surface area contributed by atoms with E-state index in [-0.39, 0.29) is 0 Å². The molecule has 2 aromatic rings. The SMILES string of the molecule is Cc1c(-c2ccc(Cl)nc2)nnn1C. The fraction of sp³-hybridized carbons (Fsp3) is 0.222. The van der Waals surface area contributed by atoms with Crippen LogP contribution in [-0.2, 0) is 7.05 Å². The Labute approximate surface area is 86.5 Å². The van der Waals surface area contributed by atoms with Crippen LogP contribution in [0.15, 0.2) is 18.3 Å². The summed E-state index contributed by atoms with van der Waals surface area (Å²) in [6.45, 7) is 1.96. The Morgan fingerprint density at radius 1 is 1.36 bits per heavy atom. The van der Waals surface area contributed by atoms with Crippen LogP contribution in [-0.4, -0.2) is 20.0 Å². The molecule has 0 bridgehead atoms. The van der Waals surface area contributed by atoms with Crippen LogP contribution >= 0.6 is 11.6 Å². The van der Waals surface area contributed by atoms with Crippen LogP contribution in [0.3, 0.4) is 0 Å². The smallest absolute Gasteiger partial charge is 0.129 e. The lowest BCUT2D eigenvalue weighted by Gasteiger charge is -1.97. The molecule has 0 atom stereocenters. The van der Waals surface area contributed by atoms with Crippen LogP contribution in [0.1, 0.15) is 5.69 Å². The quantitative estimate of drug-likeness (QED) is 0.672. The van der Waals surface area contributed by atoms with Crippen molar-refractivity contribution >= 4 is 11.6 Å². The normalized spacial score (nSPS) is 10.5. The summed E-state index contributed by atoms with van der Waals surface area (Å²) >= 11 is 5.69. The lowest BCUT2D eigenvalue weighted by atomic mass is 10.2. The first-order chi connectivity index (χ1) is 6.68. The van der Waals surface area contributed by atoms with Gasteiger partial charge in [0.2, 0.25) is 0 Å². The molecule has 0 aliphatic carbocycles. The van der Waals surface area contributed by atoms with Crippen molar-refractivity contribution in [3.8, 4) is 11.3 Å². The van der Waals surface area contributed by atoms with E-state index in [1.165, 1.54) is 0 Å². The zero-order valence-electron chi connectivity index (χ0n) is 7.90. The molecule has 0 aliphatic heterocycles. The number of pyridine rings is 1. The largest absolute Gasteiger partial charge is 0.252 e. The molecule has 0 N–H and O–H groups in total. The van der Waals surface area contributed by atoms with Crippen molar-refractivity contribution < 1.29 is 0 Å². The second-order valence-electron chi connectivity index (χ2n) is 3.02. The average Bonchev–Trinajstić information content (AvgIpc) is 2.50. The predicted octanol–water partition coefficient (Wildman–Crippen LogP) is 1.84. The fourth-order valence-electron chi connectivity index (χ4n) is 1.19. The van der Waals surface area contributed by atoms with Gasteiger partial charge in [0.05, 0.1) is 5.69 Å². The van der Waals surface area contributed by atoms with E-state index < -0.39 is 0 Å². The predicted molar refractivity (Wildman–Crippen MR) is 54.0 cm³/mol. The van der Waals surface area contributed by atoms with Crippen molar-refractivity contribution in [2.45, 2.75) is 6.92 Å². The van der Waals surface area contributed by atoms with Gasteiger partial charge in [0.25, 0.3) is 0 Å². The highest BCUT2D eigenvalue weighted by Gasteiger charge is 2.08. The molecule has 0 saturated heterocycles. The van der Waals surface area contributed by atoms with E-state index in [1.54, 1.807) is 16.9 Å². The Balaban J connectivity index is 2.49. The lowest BCUT2D eigenvalue weighted by molar-refractivity contribution is 0.696. The van der Waals surface area contributed by atoms with Crippen molar-refractivity contribution in [3.05, 3.63) is 29.2 Å². The van der Waals surface area contributed by atoms with Gasteiger partial charge in [-0.15, -0.1) is 5.10 Å². The van der Waals surface area contributed by atoms with Gasteiger partial charge in [-0.3, -0.25) is 4.68 Å². The highest BCUT2D eigenvalue weighted by molar-refractivity contribution is 6.29. The van der Waals surface area contributed by atoms with Gasteiger partial charge in [-0.1, -0.05) is 16.8 Å². The molecule has 2 rings (SSSR count). The Morgan fingerprint density at radius 2 is 2.14 bits per heavy atom. The molecule has 72 valence electrons. The summed E-state index contributed by atoms with van der Waals surface area (Å²) in [5.74, 6) is 0. The first kappa shape index (κ1) is 9.15. The third-order valence-corrected chi connectivity index (χ3v) is 2.33. The second kappa shape index (κ2) is 3.38. The van der Waals surface area contributed by atoms with Gasteiger partial charge in [0.1, 0.15) is 10.8 Å². The maximum absolute atomic E-state index is 5.69. The van der Waals surface area contributed by atoms with E-state index >= 15 is 0 Å². The minimum atomic E-state index is 0.482. The molecule has 0 unspecified atom stereocenters. The van der Waals surface area contributed by atoms with E-state index in [0.29, 0.717) is 5.15 Å². The zero-order valence-corrected chi connectivity index (χ0v) is 8.65. The third-order valence-electron chi connectivity index (χ3n) is 2.11. The van der Waals surface area contributed by atoms with Gasteiger partial charge in [0.15, 0.2) is 0 Å². The molecule has 0 aliphatic rings. The fourth-order valence-corrected chi connectivity index (χ4v) is 1.30. The Hall–Kier alpha value is -1.42. The van der Waals surface area contributed by atoms with Crippen LogP contribution in [0.5, 0.6) is 0 Å². The van der Waals surface area contributed by atoms with E-state index in [9.17, 15) is 0 Å². The van der Waals surface area contributed by atoms with Crippen LogP contribution in [0, 0.1) is 6.92 Å². The van der Waals surface area contributed by atoms with Crippen LogP contribution in [0.4, 0.5) is 0 Å². The highest BCUT2D eigenvalue weighted by Crippen LogP contribution is 2.19. The summed E-state index contributed by atoms with van der Waals surface area (Å²) in [5.41, 5.74) is 2.78. The van der Waals surface area contributed by atoms with E-state index in [4.69, 9.17) is 11.6 Å². The second-order valence-corrected chi connectivity index (χ2v) is 3.40. The van der Waals surface area contributed by atoms with Crippen molar-refractivity contribution in [2.24, 2.45) is 7.05 Å². The molecule has 0 amide bonds. The molecule has 0 radical (unpaired) electrons. The third kappa shape index (κ3) is 1.48.